The molecular weight excluding hydrogens is 596 g/mol. The fourth-order valence-corrected chi connectivity index (χ4v) is 6.70. The molecule has 1 fully saturated rings. The number of amides is 1. The molecule has 1 aliphatic rings. The van der Waals surface area contributed by atoms with Crippen LogP contribution in [-0.2, 0) is 24.1 Å². The number of benzene rings is 2. The van der Waals surface area contributed by atoms with E-state index in [-0.39, 0.29) is 23.9 Å². The van der Waals surface area contributed by atoms with Crippen LogP contribution in [0.25, 0.3) is 27.5 Å². The first-order chi connectivity index (χ1) is 21.1. The fourth-order valence-electron chi connectivity index (χ4n) is 5.74. The zero-order valence-electron chi connectivity index (χ0n) is 25.4. The second-order valence-electron chi connectivity index (χ2n) is 11.4. The molecule has 0 radical (unpaired) electrons. The molecule has 230 valence electrons. The number of hydrogen-bond donors (Lipinski definition) is 2. The molecule has 1 aliphatic heterocycles. The molecule has 2 aromatic carbocycles. The Morgan fingerprint density at radius 2 is 1.80 bits per heavy atom. The maximum absolute atomic E-state index is 14.7. The highest BCUT2D eigenvalue weighted by Crippen LogP contribution is 2.32. The number of aliphatic carboxylic acids is 1. The Hall–Kier alpha value is -3.79. The van der Waals surface area contributed by atoms with Gasteiger partial charge in [0.25, 0.3) is 11.5 Å². The summed E-state index contributed by atoms with van der Waals surface area (Å²) in [6, 6.07) is 14.3. The van der Waals surface area contributed by atoms with E-state index in [0.29, 0.717) is 64.9 Å². The van der Waals surface area contributed by atoms with Gasteiger partial charge < -0.3 is 15.3 Å². The Morgan fingerprint density at radius 3 is 2.41 bits per heavy atom. The van der Waals surface area contributed by atoms with Gasteiger partial charge in [0.15, 0.2) is 0 Å². The van der Waals surface area contributed by atoms with Gasteiger partial charge in [-0.25, -0.2) is 4.98 Å². The molecule has 44 heavy (non-hydrogen) atoms. The minimum Gasteiger partial charge on any atom is -0.480 e. The predicted molar refractivity (Wildman–Crippen MR) is 176 cm³/mol. The lowest BCUT2D eigenvalue weighted by molar-refractivity contribution is -0.140. The number of aryl methyl sites for hydroxylation is 2. The predicted octanol–water partition coefficient (Wildman–Crippen LogP) is 6.10. The molecule has 2 N–H and O–H groups in total. The molecule has 0 aliphatic carbocycles. The van der Waals surface area contributed by atoms with Gasteiger partial charge in [0.1, 0.15) is 11.0 Å². The first kappa shape index (κ1) is 31.6. The third-order valence-corrected chi connectivity index (χ3v) is 9.09. The van der Waals surface area contributed by atoms with Crippen LogP contribution in [0.5, 0.6) is 0 Å². The van der Waals surface area contributed by atoms with Crippen molar-refractivity contribution in [2.45, 2.75) is 53.0 Å². The molecule has 0 spiro atoms. The first-order valence-electron chi connectivity index (χ1n) is 15.0. The standard InChI is InChI=1S/C34H37ClN4O4S/c1-5-21-8-7-9-22(6-2)30(21)39-29(16-20(3)4)25(32(40)38-15-14-36-27(18-38)34(42)43)17-26(33(39)41)31-37-28(19-44-31)23-10-12-24(35)13-11-23/h7-13,17,19-20,27,36H,5-6,14-16,18H2,1-4H3,(H,42,43)/t27-/m1/s1. The van der Waals surface area contributed by atoms with E-state index in [4.69, 9.17) is 16.6 Å². The highest BCUT2D eigenvalue weighted by atomic mass is 35.5. The quantitative estimate of drug-likeness (QED) is 0.231. The Morgan fingerprint density at radius 1 is 1.11 bits per heavy atom. The number of pyridine rings is 1. The van der Waals surface area contributed by atoms with Crippen LogP contribution in [0, 0.1) is 5.92 Å². The topological polar surface area (TPSA) is 105 Å². The number of carboxylic acids is 1. The highest BCUT2D eigenvalue weighted by Gasteiger charge is 2.32. The van der Waals surface area contributed by atoms with E-state index in [1.807, 2.05) is 35.7 Å². The van der Waals surface area contributed by atoms with Gasteiger partial charge in [0, 0.05) is 41.3 Å². The van der Waals surface area contributed by atoms with Crippen molar-refractivity contribution in [1.82, 2.24) is 19.8 Å². The number of thiazole rings is 1. The number of carbonyl (C=O) groups is 2. The van der Waals surface area contributed by atoms with E-state index in [9.17, 15) is 19.5 Å². The van der Waals surface area contributed by atoms with Crippen molar-refractivity contribution in [2.75, 3.05) is 19.6 Å². The van der Waals surface area contributed by atoms with E-state index in [2.05, 4.69) is 33.0 Å². The lowest BCUT2D eigenvalue weighted by atomic mass is 9.96. The molecule has 1 atom stereocenters. The molecular formula is C34H37ClN4O4S. The third-order valence-electron chi connectivity index (χ3n) is 7.96. The van der Waals surface area contributed by atoms with E-state index in [1.165, 1.54) is 11.3 Å². The summed E-state index contributed by atoms with van der Waals surface area (Å²) >= 11 is 7.45. The summed E-state index contributed by atoms with van der Waals surface area (Å²) in [5.74, 6) is -1.15. The molecule has 0 bridgehead atoms. The largest absolute Gasteiger partial charge is 0.480 e. The number of aromatic nitrogens is 2. The molecule has 8 nitrogen and oxygen atoms in total. The highest BCUT2D eigenvalue weighted by molar-refractivity contribution is 7.13. The average Bonchev–Trinajstić information content (AvgIpc) is 3.51. The minimum absolute atomic E-state index is 0.0352. The van der Waals surface area contributed by atoms with Crippen LogP contribution in [0.4, 0.5) is 0 Å². The van der Waals surface area contributed by atoms with Crippen LogP contribution in [0.1, 0.15) is 54.9 Å². The lowest BCUT2D eigenvalue weighted by Gasteiger charge is -2.33. The average molecular weight is 633 g/mol. The molecule has 0 unspecified atom stereocenters. The summed E-state index contributed by atoms with van der Waals surface area (Å²) in [6.07, 6.45) is 1.90. The fraction of sp³-hybridized carbons (Fsp3) is 0.353. The summed E-state index contributed by atoms with van der Waals surface area (Å²) in [5, 5.41) is 15.7. The molecule has 5 rings (SSSR count). The monoisotopic (exact) mass is 632 g/mol. The third kappa shape index (κ3) is 6.36. The van der Waals surface area contributed by atoms with E-state index in [1.54, 1.807) is 27.7 Å². The Balaban J connectivity index is 1.78. The second-order valence-corrected chi connectivity index (χ2v) is 12.7. The van der Waals surface area contributed by atoms with E-state index < -0.39 is 12.0 Å². The number of piperazine rings is 1. The van der Waals surface area contributed by atoms with Crippen LogP contribution in [0.15, 0.2) is 58.7 Å². The maximum atomic E-state index is 14.7. The van der Waals surface area contributed by atoms with Crippen LogP contribution < -0.4 is 10.9 Å². The first-order valence-corrected chi connectivity index (χ1v) is 16.3. The van der Waals surface area contributed by atoms with Crippen LogP contribution >= 0.6 is 22.9 Å². The van der Waals surface area contributed by atoms with Crippen molar-refractivity contribution >= 4 is 34.8 Å². The van der Waals surface area contributed by atoms with Gasteiger partial charge in [-0.1, -0.05) is 69.6 Å². The van der Waals surface area contributed by atoms with E-state index in [0.717, 1.165) is 22.4 Å². The SMILES string of the molecule is CCc1cccc(CC)c1-n1c(CC(C)C)c(C(=O)N2CCN[C@@H](C(=O)O)C2)cc(-c2nc(-c3ccc(Cl)cc3)cs2)c1=O. The number of hydrogen-bond acceptors (Lipinski definition) is 6. The number of nitrogens with one attached hydrogen (secondary N) is 1. The van der Waals surface area contributed by atoms with Crippen molar-refractivity contribution < 1.29 is 14.7 Å². The van der Waals surface area contributed by atoms with Gasteiger partial charge in [0.05, 0.1) is 22.5 Å². The summed E-state index contributed by atoms with van der Waals surface area (Å²) in [7, 11) is 0. The molecule has 2 aromatic heterocycles. The van der Waals surface area contributed by atoms with Gasteiger partial charge in [-0.15, -0.1) is 11.3 Å². The van der Waals surface area contributed by atoms with Crippen LogP contribution in [-0.4, -0.2) is 57.1 Å². The number of carboxylic acid groups (broad SMARTS) is 1. The molecule has 3 heterocycles. The van der Waals surface area contributed by atoms with Crippen LogP contribution in [0.2, 0.25) is 5.02 Å². The van der Waals surface area contributed by atoms with Crippen molar-refractivity contribution in [3.05, 3.63) is 91.7 Å². The number of halogens is 1. The second kappa shape index (κ2) is 13.5. The molecule has 1 amide bonds. The van der Waals surface area contributed by atoms with Gasteiger partial charge in [-0.05, 0) is 54.5 Å². The zero-order valence-corrected chi connectivity index (χ0v) is 27.0. The Bertz CT molecular complexity index is 1720. The summed E-state index contributed by atoms with van der Waals surface area (Å²) < 4.78 is 1.75. The van der Waals surface area contributed by atoms with Crippen LogP contribution in [0.3, 0.4) is 0 Å². The summed E-state index contributed by atoms with van der Waals surface area (Å²) in [5.41, 5.74) is 5.56. The molecule has 0 saturated carbocycles. The van der Waals surface area contributed by atoms with Crippen molar-refractivity contribution in [1.29, 1.82) is 0 Å². The smallest absolute Gasteiger partial charge is 0.322 e. The number of carbonyl (C=O) groups excluding carboxylic acids is 1. The lowest BCUT2D eigenvalue weighted by Crippen LogP contribution is -2.56. The van der Waals surface area contributed by atoms with Crippen molar-refractivity contribution in [2.24, 2.45) is 5.92 Å². The van der Waals surface area contributed by atoms with E-state index >= 15 is 0 Å². The number of para-hydroxylation sites is 1. The van der Waals surface area contributed by atoms with Crippen molar-refractivity contribution in [3.8, 4) is 27.5 Å². The summed E-state index contributed by atoms with van der Waals surface area (Å²) in [6.45, 7) is 9.02. The van der Waals surface area contributed by atoms with Gasteiger partial charge in [-0.2, -0.15) is 0 Å². The maximum Gasteiger partial charge on any atom is 0.322 e. The summed E-state index contributed by atoms with van der Waals surface area (Å²) in [4.78, 5) is 47.3. The Labute approximate surface area is 266 Å². The van der Waals surface area contributed by atoms with Gasteiger partial charge >= 0.3 is 5.97 Å². The number of nitrogens with zero attached hydrogens (tertiary/aromatic N) is 3. The molecule has 10 heteroatoms. The molecule has 1 saturated heterocycles. The molecule has 4 aromatic rings. The minimum atomic E-state index is -1.00. The number of rotatable bonds is 9. The van der Waals surface area contributed by atoms with Crippen molar-refractivity contribution in [3.63, 3.8) is 0 Å². The van der Waals surface area contributed by atoms with Gasteiger partial charge in [-0.3, -0.25) is 19.0 Å². The zero-order chi connectivity index (χ0) is 31.5. The normalized spacial score (nSPS) is 15.1. The Kier molecular flexibility index (Phi) is 9.68. The van der Waals surface area contributed by atoms with Gasteiger partial charge in [0.2, 0.25) is 0 Å².